The number of hydrogen-bond donors (Lipinski definition) is 5. The molecule has 14 nitrogen and oxygen atoms in total. The lowest BCUT2D eigenvalue weighted by Gasteiger charge is -2.27. The zero-order valence-electron chi connectivity index (χ0n) is 24.0. The number of nitrogen functional groups attached to an aromatic ring is 1. The Morgan fingerprint density at radius 3 is 2.10 bits per heavy atom. The minimum atomic E-state index is -1.21. The van der Waals surface area contributed by atoms with Crippen molar-refractivity contribution in [3.05, 3.63) is 69.8 Å². The first-order valence-electron chi connectivity index (χ1n) is 13.3. The van der Waals surface area contributed by atoms with E-state index in [4.69, 9.17) is 11.5 Å². The van der Waals surface area contributed by atoms with Crippen molar-refractivity contribution in [1.29, 1.82) is 0 Å². The van der Waals surface area contributed by atoms with Gasteiger partial charge >= 0.3 is 0 Å². The molecule has 0 aromatic heterocycles. The van der Waals surface area contributed by atoms with E-state index in [0.717, 1.165) is 4.90 Å². The first-order chi connectivity index (χ1) is 19.7. The van der Waals surface area contributed by atoms with Gasteiger partial charge in [0.15, 0.2) is 0 Å². The Hall–Kier alpha value is -4.85. The highest BCUT2D eigenvalue weighted by Gasteiger charge is 2.31. The van der Waals surface area contributed by atoms with Crippen LogP contribution in [0.25, 0.3) is 0 Å². The van der Waals surface area contributed by atoms with Crippen molar-refractivity contribution in [2.24, 2.45) is 11.7 Å². The topological polar surface area (TPSA) is 220 Å². The summed E-state index contributed by atoms with van der Waals surface area (Å²) >= 11 is 0. The molecule has 0 bridgehead atoms. The lowest BCUT2D eigenvalue weighted by Crippen LogP contribution is -2.55. The Kier molecular flexibility index (Phi) is 12.1. The number of amides is 5. The van der Waals surface area contributed by atoms with Crippen LogP contribution in [0.3, 0.4) is 0 Å². The fraction of sp³-hybridized carbons (Fsp3) is 0.393. The number of nitrogens with two attached hydrogens (primary N) is 2. The number of rotatable bonds is 13. The van der Waals surface area contributed by atoms with Gasteiger partial charge in [0, 0.05) is 17.8 Å². The summed E-state index contributed by atoms with van der Waals surface area (Å²) in [5.74, 6) is -3.35. The summed E-state index contributed by atoms with van der Waals surface area (Å²) in [6.45, 7) is 5.88. The van der Waals surface area contributed by atoms with E-state index in [-0.39, 0.29) is 35.8 Å². The second-order valence-electron chi connectivity index (χ2n) is 10.2. The van der Waals surface area contributed by atoms with Crippen LogP contribution in [0.5, 0.6) is 0 Å². The average molecular weight is 584 g/mol. The summed E-state index contributed by atoms with van der Waals surface area (Å²) in [7, 11) is 0. The normalized spacial score (nSPS) is 12.9. The van der Waals surface area contributed by atoms with Crippen LogP contribution in [0.1, 0.15) is 50.0 Å². The molecule has 7 N–H and O–H groups in total. The zero-order valence-corrected chi connectivity index (χ0v) is 24.0. The van der Waals surface area contributed by atoms with Gasteiger partial charge < -0.3 is 27.4 Å². The maximum absolute atomic E-state index is 13.6. The van der Waals surface area contributed by atoms with Crippen LogP contribution in [0, 0.1) is 16.0 Å². The largest absolute Gasteiger partial charge is 0.398 e. The molecule has 0 heterocycles. The third-order valence-electron chi connectivity index (χ3n) is 6.11. The molecule has 3 atom stereocenters. The second kappa shape index (κ2) is 15.2. The van der Waals surface area contributed by atoms with Crippen molar-refractivity contribution < 1.29 is 28.9 Å². The summed E-state index contributed by atoms with van der Waals surface area (Å²) < 4.78 is 0. The number of carbonyl (C=O) groups is 5. The molecule has 2 rings (SSSR count). The molecule has 5 amide bonds. The second-order valence-corrected chi connectivity index (χ2v) is 10.2. The molecule has 0 unspecified atom stereocenters. The third-order valence-corrected chi connectivity index (χ3v) is 6.11. The number of nitro groups is 1. The van der Waals surface area contributed by atoms with E-state index in [1.54, 1.807) is 12.1 Å². The van der Waals surface area contributed by atoms with E-state index < -0.39 is 59.1 Å². The number of para-hydroxylation sites is 1. The maximum atomic E-state index is 13.6. The van der Waals surface area contributed by atoms with E-state index in [1.807, 2.05) is 13.8 Å². The number of non-ortho nitro benzene ring substituents is 1. The Bertz CT molecular complexity index is 1310. The Balaban J connectivity index is 2.25. The van der Waals surface area contributed by atoms with Crippen LogP contribution in [0.2, 0.25) is 0 Å². The van der Waals surface area contributed by atoms with Crippen LogP contribution in [0.15, 0.2) is 48.5 Å². The standard InChI is InChI=1S/C28H37N7O7/c1-16(2)13-23(33-24(36)14-31-25(37)17(3)29)26(38)32-18(4)27(39)34(28(40)21-7-5-6-8-22(21)30)15-19-9-11-20(12-10-19)35(41)42/h5-12,16-18,23H,13-15,29-30H2,1-4H3,(H,31,37)(H,32,38)(H,33,36)/t17-,18-,23-/m0/s1. The molecule has 0 spiro atoms. The van der Waals surface area contributed by atoms with Gasteiger partial charge in [-0.1, -0.05) is 38.1 Å². The molecule has 0 aliphatic carbocycles. The van der Waals surface area contributed by atoms with Crippen molar-refractivity contribution in [2.75, 3.05) is 12.3 Å². The predicted octanol–water partition coefficient (Wildman–Crippen LogP) is 0.845. The highest BCUT2D eigenvalue weighted by atomic mass is 16.6. The smallest absolute Gasteiger partial charge is 0.269 e. The lowest BCUT2D eigenvalue weighted by molar-refractivity contribution is -0.384. The summed E-state index contributed by atoms with van der Waals surface area (Å²) in [6.07, 6.45) is 0.228. The van der Waals surface area contributed by atoms with Crippen molar-refractivity contribution in [1.82, 2.24) is 20.9 Å². The molecule has 0 saturated carbocycles. The summed E-state index contributed by atoms with van der Waals surface area (Å²) in [6, 6.07) is 8.43. The van der Waals surface area contributed by atoms with E-state index in [9.17, 15) is 34.1 Å². The first-order valence-corrected chi connectivity index (χ1v) is 13.3. The molecule has 226 valence electrons. The summed E-state index contributed by atoms with van der Waals surface area (Å²) in [5, 5.41) is 18.5. The number of nitrogens with zero attached hydrogens (tertiary/aromatic N) is 2. The van der Waals surface area contributed by atoms with Crippen LogP contribution in [-0.4, -0.2) is 64.0 Å². The van der Waals surface area contributed by atoms with Crippen molar-refractivity contribution in [2.45, 2.75) is 58.8 Å². The van der Waals surface area contributed by atoms with E-state index >= 15 is 0 Å². The fourth-order valence-corrected chi connectivity index (χ4v) is 3.88. The van der Waals surface area contributed by atoms with Gasteiger partial charge in [-0.05, 0) is 43.9 Å². The highest BCUT2D eigenvalue weighted by Crippen LogP contribution is 2.19. The Labute approximate surface area is 243 Å². The van der Waals surface area contributed by atoms with Crippen LogP contribution < -0.4 is 27.4 Å². The molecule has 42 heavy (non-hydrogen) atoms. The number of hydrogen-bond acceptors (Lipinski definition) is 9. The third kappa shape index (κ3) is 9.66. The number of anilines is 1. The fourth-order valence-electron chi connectivity index (χ4n) is 3.88. The Morgan fingerprint density at radius 1 is 0.929 bits per heavy atom. The monoisotopic (exact) mass is 583 g/mol. The van der Waals surface area contributed by atoms with E-state index in [0.29, 0.717) is 5.56 Å². The molecule has 2 aromatic carbocycles. The molecule has 0 aliphatic rings. The summed E-state index contributed by atoms with van der Waals surface area (Å²) in [5.41, 5.74) is 11.9. The van der Waals surface area contributed by atoms with E-state index in [1.165, 1.54) is 50.2 Å². The van der Waals surface area contributed by atoms with Crippen molar-refractivity contribution >= 4 is 40.9 Å². The Morgan fingerprint density at radius 2 is 1.55 bits per heavy atom. The quantitative estimate of drug-likeness (QED) is 0.128. The molecule has 0 fully saturated rings. The van der Waals surface area contributed by atoms with Gasteiger partial charge in [0.1, 0.15) is 12.1 Å². The van der Waals surface area contributed by atoms with Crippen molar-refractivity contribution in [3.63, 3.8) is 0 Å². The molecule has 14 heteroatoms. The predicted molar refractivity (Wildman–Crippen MR) is 154 cm³/mol. The van der Waals surface area contributed by atoms with Gasteiger partial charge in [-0.2, -0.15) is 0 Å². The number of nitro benzene ring substituents is 1. The van der Waals surface area contributed by atoms with Crippen LogP contribution in [0.4, 0.5) is 11.4 Å². The number of benzene rings is 2. The molecule has 2 aromatic rings. The number of imide groups is 1. The van der Waals surface area contributed by atoms with Gasteiger partial charge in [0.05, 0.1) is 29.6 Å². The van der Waals surface area contributed by atoms with E-state index in [2.05, 4.69) is 16.0 Å². The van der Waals surface area contributed by atoms with Gasteiger partial charge in [0.2, 0.25) is 17.7 Å². The SMILES string of the molecule is CC(C)C[C@H](NC(=O)CNC(=O)[C@H](C)N)C(=O)N[C@@H](C)C(=O)N(Cc1ccc([N+](=O)[O-])cc1)C(=O)c1ccccc1N. The van der Waals surface area contributed by atoms with Crippen LogP contribution in [-0.2, 0) is 25.7 Å². The molecular weight excluding hydrogens is 546 g/mol. The van der Waals surface area contributed by atoms with Gasteiger partial charge in [-0.3, -0.25) is 39.0 Å². The van der Waals surface area contributed by atoms with Crippen molar-refractivity contribution in [3.8, 4) is 0 Å². The molecular formula is C28H37N7O7. The highest BCUT2D eigenvalue weighted by molar-refractivity contribution is 6.09. The molecule has 0 radical (unpaired) electrons. The summed E-state index contributed by atoms with van der Waals surface area (Å²) in [4.78, 5) is 75.7. The van der Waals surface area contributed by atoms with Gasteiger partial charge in [-0.25, -0.2) is 0 Å². The zero-order chi connectivity index (χ0) is 31.6. The first kappa shape index (κ1) is 33.4. The maximum Gasteiger partial charge on any atom is 0.269 e. The van der Waals surface area contributed by atoms with Gasteiger partial charge in [-0.15, -0.1) is 0 Å². The number of nitrogens with one attached hydrogen (secondary N) is 3. The average Bonchev–Trinajstić information content (AvgIpc) is 2.93. The van der Waals surface area contributed by atoms with Crippen LogP contribution >= 0.6 is 0 Å². The van der Waals surface area contributed by atoms with Gasteiger partial charge in [0.25, 0.3) is 17.5 Å². The number of carbonyl (C=O) groups excluding carboxylic acids is 5. The molecule has 0 saturated heterocycles. The molecule has 0 aliphatic heterocycles. The minimum Gasteiger partial charge on any atom is -0.398 e. The minimum absolute atomic E-state index is 0.0213. The lowest BCUT2D eigenvalue weighted by atomic mass is 10.0.